The number of esters is 1. The second kappa shape index (κ2) is 9.77. The van der Waals surface area contributed by atoms with Crippen LogP contribution in [0.1, 0.15) is 18.4 Å². The van der Waals surface area contributed by atoms with Crippen molar-refractivity contribution in [1.29, 1.82) is 0 Å². The highest BCUT2D eigenvalue weighted by atomic mass is 16.5. The first-order chi connectivity index (χ1) is 10.2. The van der Waals surface area contributed by atoms with Crippen LogP contribution >= 0.6 is 0 Å². The van der Waals surface area contributed by atoms with E-state index in [1.165, 1.54) is 7.11 Å². The third-order valence-electron chi connectivity index (χ3n) is 2.81. The second-order valence-corrected chi connectivity index (χ2v) is 4.46. The van der Waals surface area contributed by atoms with Crippen molar-refractivity contribution in [2.75, 3.05) is 27.3 Å². The van der Waals surface area contributed by atoms with Crippen molar-refractivity contribution in [3.05, 3.63) is 29.8 Å². The van der Waals surface area contributed by atoms with E-state index in [0.717, 1.165) is 5.56 Å². The van der Waals surface area contributed by atoms with Crippen molar-refractivity contribution in [2.24, 2.45) is 0 Å². The number of para-hydroxylation sites is 1. The van der Waals surface area contributed by atoms with Crippen LogP contribution in [0.3, 0.4) is 0 Å². The van der Waals surface area contributed by atoms with E-state index in [-0.39, 0.29) is 18.5 Å². The molecule has 0 unspecified atom stereocenters. The molecule has 0 bridgehead atoms. The van der Waals surface area contributed by atoms with E-state index in [1.54, 1.807) is 0 Å². The lowest BCUT2D eigenvalue weighted by Gasteiger charge is -2.11. The lowest BCUT2D eigenvalue weighted by atomic mass is 10.2. The second-order valence-electron chi connectivity index (χ2n) is 4.46. The summed E-state index contributed by atoms with van der Waals surface area (Å²) in [6.07, 6.45) is 0.845. The molecule has 0 aromatic heterocycles. The van der Waals surface area contributed by atoms with Crippen molar-refractivity contribution >= 4 is 11.9 Å². The first-order valence-corrected chi connectivity index (χ1v) is 6.86. The van der Waals surface area contributed by atoms with E-state index >= 15 is 0 Å². The molecule has 0 spiro atoms. The molecule has 1 aromatic carbocycles. The fourth-order valence-corrected chi connectivity index (χ4v) is 1.74. The zero-order chi connectivity index (χ0) is 15.5. The van der Waals surface area contributed by atoms with Crippen molar-refractivity contribution in [1.82, 2.24) is 10.6 Å². The van der Waals surface area contributed by atoms with Crippen LogP contribution in [-0.4, -0.2) is 39.2 Å². The summed E-state index contributed by atoms with van der Waals surface area (Å²) in [5, 5.41) is 5.74. The number of nitrogens with one attached hydrogen (secondary N) is 2. The lowest BCUT2D eigenvalue weighted by Crippen LogP contribution is -2.30. The Morgan fingerprint density at radius 3 is 2.71 bits per heavy atom. The fraction of sp³-hybridized carbons (Fsp3) is 0.467. The number of hydrogen-bond donors (Lipinski definition) is 2. The van der Waals surface area contributed by atoms with E-state index in [0.29, 0.717) is 31.7 Å². The summed E-state index contributed by atoms with van der Waals surface area (Å²) in [7, 11) is 3.20. The Morgan fingerprint density at radius 1 is 1.24 bits per heavy atom. The predicted octanol–water partition coefficient (Wildman–Crippen LogP) is 0.854. The number of ether oxygens (including phenoxy) is 2. The number of carbonyl (C=O) groups is 2. The van der Waals surface area contributed by atoms with Crippen LogP contribution in [0, 0.1) is 0 Å². The van der Waals surface area contributed by atoms with Crippen molar-refractivity contribution in [3.8, 4) is 5.75 Å². The van der Waals surface area contributed by atoms with E-state index < -0.39 is 0 Å². The zero-order valence-corrected chi connectivity index (χ0v) is 12.5. The topological polar surface area (TPSA) is 76.7 Å². The molecule has 0 radical (unpaired) electrons. The molecule has 2 N–H and O–H groups in total. The van der Waals surface area contributed by atoms with Gasteiger partial charge in [0.05, 0.1) is 7.11 Å². The zero-order valence-electron chi connectivity index (χ0n) is 12.5. The van der Waals surface area contributed by atoms with Crippen LogP contribution in [0.15, 0.2) is 24.3 Å². The van der Waals surface area contributed by atoms with Crippen LogP contribution in [0.2, 0.25) is 0 Å². The highest BCUT2D eigenvalue weighted by molar-refractivity contribution is 5.77. The van der Waals surface area contributed by atoms with Crippen molar-refractivity contribution in [3.63, 3.8) is 0 Å². The van der Waals surface area contributed by atoms with E-state index in [4.69, 9.17) is 4.74 Å². The minimum absolute atomic E-state index is 0.0427. The number of amides is 1. The fourth-order valence-electron chi connectivity index (χ4n) is 1.74. The summed E-state index contributed by atoms with van der Waals surface area (Å²) < 4.78 is 10.0. The minimum atomic E-state index is -0.276. The summed E-state index contributed by atoms with van der Waals surface area (Å²) in [6, 6.07) is 7.56. The van der Waals surface area contributed by atoms with Gasteiger partial charge in [0.15, 0.2) is 6.61 Å². The molecule has 0 saturated carbocycles. The van der Waals surface area contributed by atoms with Gasteiger partial charge in [-0.3, -0.25) is 9.59 Å². The van der Waals surface area contributed by atoms with Gasteiger partial charge in [0, 0.05) is 25.1 Å². The van der Waals surface area contributed by atoms with Gasteiger partial charge in [-0.2, -0.15) is 0 Å². The molecule has 1 amide bonds. The molecule has 0 aliphatic heterocycles. The Kier molecular flexibility index (Phi) is 7.89. The molecular formula is C15H22N2O4. The molecule has 0 fully saturated rings. The summed E-state index contributed by atoms with van der Waals surface area (Å²) in [6.45, 7) is 1.06. The molecular weight excluding hydrogens is 272 g/mol. The molecule has 1 rings (SSSR count). The molecule has 6 nitrogen and oxygen atoms in total. The Hall–Kier alpha value is -2.08. The SMILES string of the molecule is CNCc1ccccc1OCC(=O)NCCCC(=O)OC. The van der Waals surface area contributed by atoms with Gasteiger partial charge in [0.25, 0.3) is 5.91 Å². The largest absolute Gasteiger partial charge is 0.483 e. The number of carbonyl (C=O) groups excluding carboxylic acids is 2. The van der Waals surface area contributed by atoms with E-state index in [2.05, 4.69) is 15.4 Å². The standard InChI is InChI=1S/C15H22N2O4/c1-16-10-12-6-3-4-7-13(12)21-11-14(18)17-9-5-8-15(19)20-2/h3-4,6-7,16H,5,8-11H2,1-2H3,(H,17,18). The minimum Gasteiger partial charge on any atom is -0.483 e. The van der Waals surface area contributed by atoms with Gasteiger partial charge in [0.2, 0.25) is 0 Å². The molecule has 0 heterocycles. The van der Waals surface area contributed by atoms with Gasteiger partial charge in [-0.15, -0.1) is 0 Å². The lowest BCUT2D eigenvalue weighted by molar-refractivity contribution is -0.140. The van der Waals surface area contributed by atoms with E-state index in [1.807, 2.05) is 31.3 Å². The molecule has 0 saturated heterocycles. The van der Waals surface area contributed by atoms with Crippen LogP contribution in [0.25, 0.3) is 0 Å². The number of hydrogen-bond acceptors (Lipinski definition) is 5. The first-order valence-electron chi connectivity index (χ1n) is 6.86. The summed E-state index contributed by atoms with van der Waals surface area (Å²) in [5.74, 6) is 0.206. The van der Waals surface area contributed by atoms with E-state index in [9.17, 15) is 9.59 Å². The Morgan fingerprint density at radius 2 is 2.00 bits per heavy atom. The van der Waals surface area contributed by atoms with Gasteiger partial charge in [0.1, 0.15) is 5.75 Å². The molecule has 1 aromatic rings. The van der Waals surface area contributed by atoms with Crippen molar-refractivity contribution in [2.45, 2.75) is 19.4 Å². The quantitative estimate of drug-likeness (QED) is 0.522. The third kappa shape index (κ3) is 6.76. The summed E-state index contributed by atoms with van der Waals surface area (Å²) in [4.78, 5) is 22.5. The maximum Gasteiger partial charge on any atom is 0.305 e. The monoisotopic (exact) mass is 294 g/mol. The molecule has 0 atom stereocenters. The normalized spacial score (nSPS) is 10.0. The highest BCUT2D eigenvalue weighted by Gasteiger charge is 2.06. The molecule has 0 aliphatic carbocycles. The Labute approximate surface area is 124 Å². The van der Waals surface area contributed by atoms with Gasteiger partial charge in [-0.25, -0.2) is 0 Å². The van der Waals surface area contributed by atoms with Crippen LogP contribution in [0.4, 0.5) is 0 Å². The van der Waals surface area contributed by atoms with Gasteiger partial charge >= 0.3 is 5.97 Å². The summed E-state index contributed by atoms with van der Waals surface area (Å²) >= 11 is 0. The smallest absolute Gasteiger partial charge is 0.305 e. The van der Waals surface area contributed by atoms with Crippen LogP contribution in [-0.2, 0) is 20.9 Å². The number of benzene rings is 1. The molecule has 116 valence electrons. The average molecular weight is 294 g/mol. The Bertz CT molecular complexity index is 463. The molecule has 21 heavy (non-hydrogen) atoms. The Balaban J connectivity index is 2.28. The molecule has 0 aliphatic rings. The average Bonchev–Trinajstić information content (AvgIpc) is 2.50. The molecule has 6 heteroatoms. The van der Waals surface area contributed by atoms with Gasteiger partial charge < -0.3 is 20.1 Å². The number of rotatable bonds is 9. The first kappa shape index (κ1) is 17.0. The predicted molar refractivity (Wildman–Crippen MR) is 79.0 cm³/mol. The maximum atomic E-state index is 11.6. The van der Waals surface area contributed by atoms with Crippen molar-refractivity contribution < 1.29 is 19.1 Å². The summed E-state index contributed by atoms with van der Waals surface area (Å²) in [5.41, 5.74) is 0.999. The van der Waals surface area contributed by atoms with Crippen LogP contribution < -0.4 is 15.4 Å². The highest BCUT2D eigenvalue weighted by Crippen LogP contribution is 2.17. The maximum absolute atomic E-state index is 11.6. The number of methoxy groups -OCH3 is 1. The third-order valence-corrected chi connectivity index (χ3v) is 2.81. The van der Waals surface area contributed by atoms with Crippen LogP contribution in [0.5, 0.6) is 5.75 Å². The van der Waals surface area contributed by atoms with Gasteiger partial charge in [-0.1, -0.05) is 18.2 Å². The van der Waals surface area contributed by atoms with Gasteiger partial charge in [-0.05, 0) is 19.5 Å².